The van der Waals surface area contributed by atoms with E-state index in [0.717, 1.165) is 57.0 Å². The normalized spacial score (nSPS) is 15.4. The molecular weight excluding hydrogens is 346 g/mol. The molecule has 2 heterocycles. The zero-order chi connectivity index (χ0) is 19.0. The Balaban J connectivity index is 1.19. The van der Waals surface area contributed by atoms with E-state index in [2.05, 4.69) is 63.5 Å². The molecule has 1 aliphatic rings. The van der Waals surface area contributed by atoms with Gasteiger partial charge in [0.25, 0.3) is 0 Å². The minimum absolute atomic E-state index is 0.885. The van der Waals surface area contributed by atoms with E-state index in [1.165, 1.54) is 11.3 Å². The van der Waals surface area contributed by atoms with Crippen molar-refractivity contribution in [2.45, 2.75) is 12.8 Å². The fourth-order valence-corrected chi connectivity index (χ4v) is 3.62. The molecule has 0 saturated carbocycles. The molecule has 2 aromatic carbocycles. The van der Waals surface area contributed by atoms with E-state index in [1.54, 1.807) is 0 Å². The summed E-state index contributed by atoms with van der Waals surface area (Å²) in [5.74, 6) is 0.968. The number of nitrogens with zero attached hydrogens (tertiary/aromatic N) is 3. The van der Waals surface area contributed by atoms with Crippen molar-refractivity contribution in [2.24, 2.45) is 0 Å². The lowest BCUT2D eigenvalue weighted by Crippen LogP contribution is -2.46. The molecule has 28 heavy (non-hydrogen) atoms. The Labute approximate surface area is 167 Å². The highest BCUT2D eigenvalue weighted by molar-refractivity contribution is 5.67. The molecule has 0 atom stereocenters. The molecule has 1 aliphatic heterocycles. The third-order valence-electron chi connectivity index (χ3n) is 5.21. The Morgan fingerprint density at radius 3 is 2.32 bits per heavy atom. The van der Waals surface area contributed by atoms with E-state index in [-0.39, 0.29) is 0 Å². The first-order valence-corrected chi connectivity index (χ1v) is 10.1. The largest absolute Gasteiger partial charge is 0.369 e. The van der Waals surface area contributed by atoms with Crippen molar-refractivity contribution in [3.63, 3.8) is 0 Å². The van der Waals surface area contributed by atoms with Gasteiger partial charge in [0.1, 0.15) is 11.5 Å². The fraction of sp³-hybridized carbons (Fsp3) is 0.292. The Kier molecular flexibility index (Phi) is 6.20. The second-order valence-electron chi connectivity index (χ2n) is 7.23. The van der Waals surface area contributed by atoms with Crippen LogP contribution in [-0.2, 0) is 6.42 Å². The Morgan fingerprint density at radius 1 is 0.857 bits per heavy atom. The maximum Gasteiger partial charge on any atom is 0.137 e. The van der Waals surface area contributed by atoms with Crippen molar-refractivity contribution in [1.29, 1.82) is 0 Å². The molecule has 0 N–H and O–H groups in total. The average molecular weight is 374 g/mol. The Bertz CT molecular complexity index is 865. The molecule has 1 fully saturated rings. The Morgan fingerprint density at radius 2 is 1.57 bits per heavy atom. The van der Waals surface area contributed by atoms with Crippen LogP contribution in [0.4, 0.5) is 5.69 Å². The lowest BCUT2D eigenvalue weighted by molar-refractivity contribution is 0.251. The van der Waals surface area contributed by atoms with Gasteiger partial charge in [-0.3, -0.25) is 4.90 Å². The topological polar surface area (TPSA) is 32.5 Å². The number of anilines is 1. The second kappa shape index (κ2) is 9.38. The van der Waals surface area contributed by atoms with Crippen LogP contribution in [0.2, 0.25) is 0 Å². The fourth-order valence-electron chi connectivity index (χ4n) is 3.62. The van der Waals surface area contributed by atoms with Gasteiger partial charge >= 0.3 is 0 Å². The summed E-state index contributed by atoms with van der Waals surface area (Å²) in [5.41, 5.74) is 3.39. The maximum absolute atomic E-state index is 5.49. The summed E-state index contributed by atoms with van der Waals surface area (Å²) >= 11 is 0. The van der Waals surface area contributed by atoms with E-state index in [9.17, 15) is 0 Å². The molecule has 0 bridgehead atoms. The number of piperazine rings is 1. The smallest absolute Gasteiger partial charge is 0.137 e. The molecular formula is C24H27N3O. The molecule has 144 valence electrons. The van der Waals surface area contributed by atoms with Crippen molar-refractivity contribution in [2.75, 3.05) is 37.6 Å². The van der Waals surface area contributed by atoms with Crippen LogP contribution in [0.5, 0.6) is 0 Å². The molecule has 3 aromatic rings. The number of rotatable bonds is 7. The summed E-state index contributed by atoms with van der Waals surface area (Å²) in [5, 5.41) is 4.16. The number of hydrogen-bond donors (Lipinski definition) is 0. The summed E-state index contributed by atoms with van der Waals surface area (Å²) in [6.45, 7) is 5.55. The first kappa shape index (κ1) is 18.5. The van der Waals surface area contributed by atoms with Crippen LogP contribution < -0.4 is 4.90 Å². The maximum atomic E-state index is 5.49. The third-order valence-corrected chi connectivity index (χ3v) is 5.21. The molecule has 4 rings (SSSR count). The van der Waals surface area contributed by atoms with Crippen LogP contribution in [0.15, 0.2) is 71.3 Å². The zero-order valence-electron chi connectivity index (χ0n) is 16.2. The monoisotopic (exact) mass is 373 g/mol. The number of aromatic nitrogens is 1. The highest BCUT2D eigenvalue weighted by Crippen LogP contribution is 2.16. The van der Waals surface area contributed by atoms with Crippen molar-refractivity contribution < 1.29 is 4.52 Å². The lowest BCUT2D eigenvalue weighted by atomic mass is 10.2. The summed E-state index contributed by atoms with van der Waals surface area (Å²) < 4.78 is 5.49. The van der Waals surface area contributed by atoms with Crippen LogP contribution in [0, 0.1) is 0 Å². The second-order valence-corrected chi connectivity index (χ2v) is 7.23. The molecule has 0 amide bonds. The predicted molar refractivity (Wildman–Crippen MR) is 115 cm³/mol. The van der Waals surface area contributed by atoms with Crippen LogP contribution in [0.25, 0.3) is 12.2 Å². The zero-order valence-corrected chi connectivity index (χ0v) is 16.2. The summed E-state index contributed by atoms with van der Waals surface area (Å²) in [6, 6.07) is 23.0. The highest BCUT2D eigenvalue weighted by atomic mass is 16.5. The number of aryl methyl sites for hydroxylation is 1. The SMILES string of the molecule is C(=C\c1cc(CCCN2CCN(c3ccccc3)CC2)on1)/c1ccccc1. The third kappa shape index (κ3) is 5.11. The number of hydrogen-bond acceptors (Lipinski definition) is 4. The first-order chi connectivity index (χ1) is 13.9. The first-order valence-electron chi connectivity index (χ1n) is 10.1. The van der Waals surface area contributed by atoms with Gasteiger partial charge in [-0.15, -0.1) is 0 Å². The number of para-hydroxylation sites is 1. The van der Waals surface area contributed by atoms with E-state index >= 15 is 0 Å². The van der Waals surface area contributed by atoms with Gasteiger partial charge in [0.15, 0.2) is 0 Å². The van der Waals surface area contributed by atoms with E-state index in [1.807, 2.05) is 30.3 Å². The van der Waals surface area contributed by atoms with Crippen molar-refractivity contribution >= 4 is 17.8 Å². The van der Waals surface area contributed by atoms with Gasteiger partial charge in [0.2, 0.25) is 0 Å². The summed E-state index contributed by atoms with van der Waals surface area (Å²) in [4.78, 5) is 5.02. The summed E-state index contributed by atoms with van der Waals surface area (Å²) in [7, 11) is 0. The van der Waals surface area contributed by atoms with Crippen LogP contribution >= 0.6 is 0 Å². The van der Waals surface area contributed by atoms with Gasteiger partial charge in [0, 0.05) is 44.4 Å². The van der Waals surface area contributed by atoms with Gasteiger partial charge in [-0.2, -0.15) is 0 Å². The Hall–Kier alpha value is -2.85. The average Bonchev–Trinajstić information content (AvgIpc) is 3.22. The van der Waals surface area contributed by atoms with E-state index < -0.39 is 0 Å². The highest BCUT2D eigenvalue weighted by Gasteiger charge is 2.16. The van der Waals surface area contributed by atoms with Crippen molar-refractivity contribution in [1.82, 2.24) is 10.1 Å². The van der Waals surface area contributed by atoms with Crippen molar-refractivity contribution in [3.8, 4) is 0 Å². The van der Waals surface area contributed by atoms with Gasteiger partial charge in [0.05, 0.1) is 0 Å². The quantitative estimate of drug-likeness (QED) is 0.606. The standard InChI is InChI=1S/C24H27N3O/c1-3-8-21(9-4-1)13-14-22-20-24(28-25-22)12-7-15-26-16-18-27(19-17-26)23-10-5-2-6-11-23/h1-6,8-11,13-14,20H,7,12,15-19H2/b14-13+. The minimum atomic E-state index is 0.885. The molecule has 4 nitrogen and oxygen atoms in total. The molecule has 0 spiro atoms. The van der Waals surface area contributed by atoms with Gasteiger partial charge < -0.3 is 9.42 Å². The van der Waals surface area contributed by atoms with E-state index in [0.29, 0.717) is 0 Å². The van der Waals surface area contributed by atoms with Crippen molar-refractivity contribution in [3.05, 3.63) is 83.7 Å². The lowest BCUT2D eigenvalue weighted by Gasteiger charge is -2.36. The van der Waals surface area contributed by atoms with Crippen LogP contribution in [-0.4, -0.2) is 42.8 Å². The molecule has 1 aromatic heterocycles. The molecule has 0 aliphatic carbocycles. The van der Waals surface area contributed by atoms with Crippen LogP contribution in [0.1, 0.15) is 23.4 Å². The number of benzene rings is 2. The van der Waals surface area contributed by atoms with Gasteiger partial charge in [-0.05, 0) is 36.7 Å². The predicted octanol–water partition coefficient (Wildman–Crippen LogP) is 4.60. The molecule has 0 unspecified atom stereocenters. The van der Waals surface area contributed by atoms with Gasteiger partial charge in [-0.1, -0.05) is 59.8 Å². The van der Waals surface area contributed by atoms with E-state index in [4.69, 9.17) is 4.52 Å². The minimum Gasteiger partial charge on any atom is -0.369 e. The molecule has 1 saturated heterocycles. The molecule has 0 radical (unpaired) electrons. The van der Waals surface area contributed by atoms with Gasteiger partial charge in [-0.25, -0.2) is 0 Å². The molecule has 4 heteroatoms. The van der Waals surface area contributed by atoms with Crippen LogP contribution in [0.3, 0.4) is 0 Å². The summed E-state index contributed by atoms with van der Waals surface area (Å²) in [6.07, 6.45) is 6.10.